The van der Waals surface area contributed by atoms with Gasteiger partial charge in [-0.15, -0.1) is 0 Å². The second-order valence-electron chi connectivity index (χ2n) is 11.8. The highest BCUT2D eigenvalue weighted by Gasteiger charge is 2.45. The van der Waals surface area contributed by atoms with Gasteiger partial charge in [0.05, 0.1) is 18.2 Å². The van der Waals surface area contributed by atoms with E-state index in [2.05, 4.69) is 11.9 Å². The number of sulfonamides is 1. The first-order chi connectivity index (χ1) is 17.1. The zero-order valence-electron chi connectivity index (χ0n) is 22.6. The first-order valence-corrected chi connectivity index (χ1v) is 14.5. The molecule has 1 aromatic heterocycles. The van der Waals surface area contributed by atoms with E-state index in [1.54, 1.807) is 39.8 Å². The second kappa shape index (κ2) is 11.3. The summed E-state index contributed by atoms with van der Waals surface area (Å²) in [6.07, 6.45) is 4.18. The summed E-state index contributed by atoms with van der Waals surface area (Å²) in [7, 11) is -4.01. The second-order valence-corrected chi connectivity index (χ2v) is 13.7. The van der Waals surface area contributed by atoms with Crippen LogP contribution in [0.5, 0.6) is 0 Å². The predicted octanol–water partition coefficient (Wildman–Crippen LogP) is 3.05. The standard InChI is InChI=1S/C26H42N4O6S/c1-18-11-12-20(21(31)17-29(18)37(34,35)22-10-6-9-15-28-22)30(24(33)36-25(2,3)4)23(32)19(27)16-26(5)13-7-8-14-26/h6,9-10,15,18-21,31H,7-8,11-14,16-17,27H2,1-5H3. The van der Waals surface area contributed by atoms with Crippen molar-refractivity contribution in [1.82, 2.24) is 14.2 Å². The van der Waals surface area contributed by atoms with E-state index in [0.29, 0.717) is 12.8 Å². The van der Waals surface area contributed by atoms with Gasteiger partial charge in [-0.05, 0) is 77.3 Å². The van der Waals surface area contributed by atoms with Crippen molar-refractivity contribution in [3.05, 3.63) is 24.4 Å². The molecule has 1 saturated heterocycles. The van der Waals surface area contributed by atoms with Crippen LogP contribution in [-0.4, -0.2) is 76.1 Å². The van der Waals surface area contributed by atoms with Crippen LogP contribution in [0.3, 0.4) is 0 Å². The van der Waals surface area contributed by atoms with E-state index in [1.165, 1.54) is 16.6 Å². The summed E-state index contributed by atoms with van der Waals surface area (Å²) in [5.41, 5.74) is 5.42. The number of β-amino-alcohol motifs (C(OH)–C–C–N with tert-alkyl or cyclic N) is 1. The van der Waals surface area contributed by atoms with Crippen LogP contribution >= 0.6 is 0 Å². The molecule has 1 saturated carbocycles. The number of aromatic nitrogens is 1. The van der Waals surface area contributed by atoms with Crippen LogP contribution in [0.15, 0.2) is 29.4 Å². The maximum Gasteiger partial charge on any atom is 0.417 e. The van der Waals surface area contributed by atoms with Crippen LogP contribution in [-0.2, 0) is 19.6 Å². The molecule has 4 unspecified atom stereocenters. The highest BCUT2D eigenvalue weighted by Crippen LogP contribution is 2.41. The molecule has 0 bridgehead atoms. The minimum Gasteiger partial charge on any atom is -0.443 e. The first kappa shape index (κ1) is 29.5. The lowest BCUT2D eigenvalue weighted by atomic mass is 9.82. The molecule has 2 amide bonds. The third-order valence-electron chi connectivity index (χ3n) is 7.39. The summed E-state index contributed by atoms with van der Waals surface area (Å²) in [5, 5.41) is 11.1. The zero-order chi connectivity index (χ0) is 27.6. The topological polar surface area (TPSA) is 143 Å². The van der Waals surface area contributed by atoms with Gasteiger partial charge in [-0.2, -0.15) is 4.31 Å². The number of ether oxygens (including phenoxy) is 1. The number of hydrogen-bond acceptors (Lipinski definition) is 8. The Morgan fingerprint density at radius 2 is 1.92 bits per heavy atom. The third kappa shape index (κ3) is 7.07. The number of carbonyl (C=O) groups is 2. The maximum atomic E-state index is 13.7. The van der Waals surface area contributed by atoms with Crippen LogP contribution in [0.25, 0.3) is 0 Å². The average molecular weight is 539 g/mol. The van der Waals surface area contributed by atoms with E-state index in [9.17, 15) is 23.1 Å². The molecule has 37 heavy (non-hydrogen) atoms. The van der Waals surface area contributed by atoms with E-state index in [4.69, 9.17) is 10.5 Å². The van der Waals surface area contributed by atoms with Crippen molar-refractivity contribution in [2.45, 2.75) is 114 Å². The summed E-state index contributed by atoms with van der Waals surface area (Å²) in [5.74, 6) is -0.611. The molecule has 0 aromatic carbocycles. The quantitative estimate of drug-likeness (QED) is 0.563. The lowest BCUT2D eigenvalue weighted by Gasteiger charge is -2.36. The highest BCUT2D eigenvalue weighted by atomic mass is 32.2. The Bertz CT molecular complexity index is 1050. The molecule has 2 fully saturated rings. The molecule has 208 valence electrons. The molecule has 0 radical (unpaired) electrons. The van der Waals surface area contributed by atoms with Crippen molar-refractivity contribution in [3.63, 3.8) is 0 Å². The predicted molar refractivity (Wildman–Crippen MR) is 139 cm³/mol. The molecule has 4 atom stereocenters. The molecule has 11 heteroatoms. The minimum atomic E-state index is -4.01. The van der Waals surface area contributed by atoms with E-state index in [1.807, 2.05) is 0 Å². The molecule has 1 aliphatic heterocycles. The SMILES string of the molecule is CC1CCC(N(C(=O)OC(C)(C)C)C(=O)C(N)CC2(C)CCCC2)C(O)CN1S(=O)(=O)c1ccccn1. The number of rotatable bonds is 6. The van der Waals surface area contributed by atoms with E-state index in [-0.39, 0.29) is 23.4 Å². The smallest absolute Gasteiger partial charge is 0.417 e. The van der Waals surface area contributed by atoms with Gasteiger partial charge in [0.15, 0.2) is 5.03 Å². The van der Waals surface area contributed by atoms with Crippen LogP contribution in [0.2, 0.25) is 0 Å². The Labute approximate surface area is 220 Å². The van der Waals surface area contributed by atoms with Gasteiger partial charge < -0.3 is 15.6 Å². The van der Waals surface area contributed by atoms with Gasteiger partial charge >= 0.3 is 6.09 Å². The Kier molecular flexibility index (Phi) is 9.04. The zero-order valence-corrected chi connectivity index (χ0v) is 23.4. The minimum absolute atomic E-state index is 0.0845. The fourth-order valence-corrected chi connectivity index (χ4v) is 7.03. The van der Waals surface area contributed by atoms with Crippen molar-refractivity contribution in [1.29, 1.82) is 0 Å². The molecule has 10 nitrogen and oxygen atoms in total. The summed E-state index contributed by atoms with van der Waals surface area (Å²) in [6, 6.07) is 2.17. The fourth-order valence-electron chi connectivity index (χ4n) is 5.42. The van der Waals surface area contributed by atoms with Gasteiger partial charge in [0, 0.05) is 18.8 Å². The monoisotopic (exact) mass is 538 g/mol. The number of aliphatic hydroxyl groups is 1. The molecule has 3 rings (SSSR count). The van der Waals surface area contributed by atoms with Crippen molar-refractivity contribution >= 4 is 22.0 Å². The Hall–Kier alpha value is -2.08. The van der Waals surface area contributed by atoms with Gasteiger partial charge in [-0.25, -0.2) is 23.1 Å². The molecule has 2 aliphatic rings. The number of imide groups is 1. The van der Waals surface area contributed by atoms with Crippen molar-refractivity contribution in [2.24, 2.45) is 11.1 Å². The van der Waals surface area contributed by atoms with Crippen molar-refractivity contribution < 1.29 is 27.9 Å². The number of nitrogens with two attached hydrogens (primary N) is 1. The summed E-state index contributed by atoms with van der Waals surface area (Å²) < 4.78 is 33.4. The van der Waals surface area contributed by atoms with Gasteiger partial charge in [0.1, 0.15) is 5.60 Å². The van der Waals surface area contributed by atoms with E-state index in [0.717, 1.165) is 30.6 Å². The van der Waals surface area contributed by atoms with Crippen LogP contribution in [0.1, 0.15) is 79.6 Å². The van der Waals surface area contributed by atoms with Gasteiger partial charge in [-0.3, -0.25) is 4.79 Å². The first-order valence-electron chi connectivity index (χ1n) is 13.1. The molecule has 1 aromatic rings. The largest absolute Gasteiger partial charge is 0.443 e. The lowest BCUT2D eigenvalue weighted by Crippen LogP contribution is -2.57. The number of nitrogens with zero attached hydrogens (tertiary/aromatic N) is 3. The van der Waals surface area contributed by atoms with E-state index < -0.39 is 51.9 Å². The summed E-state index contributed by atoms with van der Waals surface area (Å²) in [6.45, 7) is 8.62. The Morgan fingerprint density at radius 3 is 2.49 bits per heavy atom. The van der Waals surface area contributed by atoms with Gasteiger partial charge in [-0.1, -0.05) is 25.8 Å². The number of hydrogen-bond donors (Lipinski definition) is 2. The Morgan fingerprint density at radius 1 is 1.27 bits per heavy atom. The average Bonchev–Trinajstić information content (AvgIpc) is 3.17. The van der Waals surface area contributed by atoms with Crippen LogP contribution in [0, 0.1) is 5.41 Å². The van der Waals surface area contributed by atoms with Gasteiger partial charge in [0.2, 0.25) is 5.91 Å². The normalized spacial score (nSPS) is 25.8. The summed E-state index contributed by atoms with van der Waals surface area (Å²) in [4.78, 5) is 31.9. The molecular weight excluding hydrogens is 496 g/mol. The molecule has 0 spiro atoms. The summed E-state index contributed by atoms with van der Waals surface area (Å²) >= 11 is 0. The fraction of sp³-hybridized carbons (Fsp3) is 0.731. The molecule has 2 heterocycles. The number of pyridine rings is 1. The van der Waals surface area contributed by atoms with E-state index >= 15 is 0 Å². The van der Waals surface area contributed by atoms with Gasteiger partial charge in [0.25, 0.3) is 10.0 Å². The molecule has 3 N–H and O–H groups in total. The molecule has 1 aliphatic carbocycles. The Balaban J connectivity index is 1.90. The maximum absolute atomic E-state index is 13.7. The number of carbonyl (C=O) groups excluding carboxylic acids is 2. The van der Waals surface area contributed by atoms with Crippen LogP contribution < -0.4 is 5.73 Å². The van der Waals surface area contributed by atoms with Crippen molar-refractivity contribution in [3.8, 4) is 0 Å². The third-order valence-corrected chi connectivity index (χ3v) is 9.29. The van der Waals surface area contributed by atoms with Crippen molar-refractivity contribution in [2.75, 3.05) is 6.54 Å². The van der Waals surface area contributed by atoms with Crippen LogP contribution in [0.4, 0.5) is 4.79 Å². The lowest BCUT2D eigenvalue weighted by molar-refractivity contribution is -0.137. The number of aliphatic hydroxyl groups excluding tert-OH is 1. The number of amides is 2. The molecular formula is C26H42N4O6S. The highest BCUT2D eigenvalue weighted by molar-refractivity contribution is 7.89.